The molecule has 0 atom stereocenters. The first kappa shape index (κ1) is 41.8. The van der Waals surface area contributed by atoms with Gasteiger partial charge in [-0.05, 0) is 149 Å². The summed E-state index contributed by atoms with van der Waals surface area (Å²) in [5.74, 6) is 3.10. The maximum atomic E-state index is 10.1. The third kappa shape index (κ3) is 6.94. The molecule has 0 aromatic heterocycles. The van der Waals surface area contributed by atoms with E-state index in [0.29, 0.717) is 11.1 Å². The van der Waals surface area contributed by atoms with Crippen molar-refractivity contribution in [3.05, 3.63) is 248 Å². The minimum atomic E-state index is -0.147. The molecule has 0 fully saturated rings. The zero-order valence-electron chi connectivity index (χ0n) is 38.2. The van der Waals surface area contributed by atoms with Crippen molar-refractivity contribution in [2.45, 2.75) is 26.2 Å². The summed E-state index contributed by atoms with van der Waals surface area (Å²) in [6.45, 7) is 15.0. The molecular weight excluding hydrogens is 831 g/mol. The van der Waals surface area contributed by atoms with Gasteiger partial charge >= 0.3 is 0 Å². The van der Waals surface area contributed by atoms with E-state index in [-0.39, 0.29) is 5.41 Å². The maximum absolute atomic E-state index is 10.1. The van der Waals surface area contributed by atoms with Gasteiger partial charge in [-0.25, -0.2) is 0 Å². The Labute approximate surface area is 398 Å². The fraction of sp³-hybridized carbons (Fsp3) is 0.0635. The molecule has 0 spiro atoms. The molecule has 68 heavy (non-hydrogen) atoms. The summed E-state index contributed by atoms with van der Waals surface area (Å²) in [6.07, 6.45) is 13.7. The van der Waals surface area contributed by atoms with E-state index in [1.54, 1.807) is 0 Å². The van der Waals surface area contributed by atoms with Crippen LogP contribution in [0.1, 0.15) is 37.5 Å². The highest BCUT2D eigenvalue weighted by atomic mass is 16.5. The number of hydrogen-bond donors (Lipinski definition) is 0. The van der Waals surface area contributed by atoms with Gasteiger partial charge in [-0.15, -0.1) is 0 Å². The number of allylic oxidation sites excluding steroid dienone is 8. The molecule has 1 aliphatic carbocycles. The van der Waals surface area contributed by atoms with Crippen LogP contribution < -0.4 is 19.3 Å². The van der Waals surface area contributed by atoms with E-state index in [9.17, 15) is 5.26 Å². The molecule has 0 bridgehead atoms. The number of ether oxygens (including phenoxy) is 2. The number of para-hydroxylation sites is 1. The summed E-state index contributed by atoms with van der Waals surface area (Å²) in [6, 6.07) is 59.2. The van der Waals surface area contributed by atoms with E-state index >= 15 is 0 Å². The third-order valence-electron chi connectivity index (χ3n) is 13.4. The predicted octanol–water partition coefficient (Wildman–Crippen LogP) is 17.3. The van der Waals surface area contributed by atoms with Crippen LogP contribution in [0.4, 0.5) is 22.7 Å². The molecule has 326 valence electrons. The quantitative estimate of drug-likeness (QED) is 0.0957. The van der Waals surface area contributed by atoms with E-state index < -0.39 is 0 Å². The summed E-state index contributed by atoms with van der Waals surface area (Å²) in [5, 5.41) is 12.1. The zero-order valence-corrected chi connectivity index (χ0v) is 38.2. The second-order valence-corrected chi connectivity index (χ2v) is 17.7. The van der Waals surface area contributed by atoms with E-state index in [4.69, 9.17) is 9.47 Å². The largest absolute Gasteiger partial charge is 0.456 e. The Hall–Kier alpha value is -8.85. The number of anilines is 4. The summed E-state index contributed by atoms with van der Waals surface area (Å²) in [4.78, 5) is 4.38. The van der Waals surface area contributed by atoms with Gasteiger partial charge in [-0.3, -0.25) is 0 Å². The standard InChI is InChI=1S/C63H47N3O2/c1-6-17-45(18-7-2)66(47-27-29-50-49-24-14-15-25-55(49)63(4,5)56(50)37-47)48-28-31-52-54-33-34-57-61-53(32-35-58(62(54)61)68-60(52)39-48)51-30-26-46(38-59(51)67-57)65(44-22-12-9-13-23-44)36-16-21-43(40-64)41(3)42-19-10-8-11-20-42/h6-39H,1,3H2,2,4-5H3/b18-7?,36-16+,43-21-,45-17+. The Bertz CT molecular complexity index is 3550. The monoisotopic (exact) mass is 877 g/mol. The topological polar surface area (TPSA) is 48.7 Å². The van der Waals surface area contributed by atoms with Gasteiger partial charge in [0.05, 0.1) is 11.6 Å². The van der Waals surface area contributed by atoms with Crippen LogP contribution in [0.2, 0.25) is 0 Å². The van der Waals surface area contributed by atoms with Crippen molar-refractivity contribution in [3.63, 3.8) is 0 Å². The van der Waals surface area contributed by atoms with Crippen molar-refractivity contribution in [1.82, 2.24) is 0 Å². The Balaban J connectivity index is 0.952. The lowest BCUT2D eigenvalue weighted by Crippen LogP contribution is -2.18. The molecule has 2 aliphatic heterocycles. The van der Waals surface area contributed by atoms with Crippen LogP contribution in [-0.2, 0) is 5.41 Å². The number of rotatable bonds is 11. The summed E-state index contributed by atoms with van der Waals surface area (Å²) >= 11 is 0. The maximum Gasteiger partial charge on any atom is 0.137 e. The molecule has 0 radical (unpaired) electrons. The molecule has 8 aromatic carbocycles. The van der Waals surface area contributed by atoms with Gasteiger partial charge in [0, 0.05) is 74.1 Å². The Kier molecular flexibility index (Phi) is 10.4. The van der Waals surface area contributed by atoms with Crippen LogP contribution in [0.15, 0.2) is 231 Å². The third-order valence-corrected chi connectivity index (χ3v) is 13.4. The molecule has 0 saturated heterocycles. The molecule has 5 nitrogen and oxygen atoms in total. The second-order valence-electron chi connectivity index (χ2n) is 17.7. The number of fused-ring (bicyclic) bond motifs is 7. The van der Waals surface area contributed by atoms with Gasteiger partial charge in [0.15, 0.2) is 0 Å². The molecule has 5 heteroatoms. The molecule has 8 aromatic rings. The molecule has 2 heterocycles. The Morgan fingerprint density at radius 3 is 1.78 bits per heavy atom. The van der Waals surface area contributed by atoms with E-state index in [0.717, 1.165) is 90.0 Å². The van der Waals surface area contributed by atoms with Crippen LogP contribution in [0, 0.1) is 11.3 Å². The van der Waals surface area contributed by atoms with Gasteiger partial charge in [0.25, 0.3) is 0 Å². The first-order valence-corrected chi connectivity index (χ1v) is 22.9. The van der Waals surface area contributed by atoms with E-state index in [1.807, 2.05) is 79.9 Å². The fourth-order valence-electron chi connectivity index (χ4n) is 10.1. The highest BCUT2D eigenvalue weighted by molar-refractivity contribution is 6.14. The van der Waals surface area contributed by atoms with Crippen molar-refractivity contribution >= 4 is 39.1 Å². The van der Waals surface area contributed by atoms with Gasteiger partial charge in [0.1, 0.15) is 23.0 Å². The van der Waals surface area contributed by atoms with Crippen molar-refractivity contribution in [3.8, 4) is 62.4 Å². The van der Waals surface area contributed by atoms with Crippen LogP contribution in [0.3, 0.4) is 0 Å². The highest BCUT2D eigenvalue weighted by Crippen LogP contribution is 2.57. The molecular formula is C63H47N3O2. The Morgan fingerprint density at radius 2 is 1.13 bits per heavy atom. The van der Waals surface area contributed by atoms with Crippen LogP contribution >= 0.6 is 0 Å². The van der Waals surface area contributed by atoms with Crippen LogP contribution in [0.5, 0.6) is 23.0 Å². The van der Waals surface area contributed by atoms with Crippen molar-refractivity contribution in [2.24, 2.45) is 0 Å². The van der Waals surface area contributed by atoms with Gasteiger partial charge < -0.3 is 19.3 Å². The lowest BCUT2D eigenvalue weighted by atomic mass is 9.82. The first-order chi connectivity index (χ1) is 33.3. The van der Waals surface area contributed by atoms with E-state index in [1.165, 1.54) is 22.3 Å². The molecule has 0 unspecified atom stereocenters. The SMILES string of the molecule is C=C/C=C(\C=CC)N(c1ccc2c(c1)Oc1ccc3c4c(ccc-2c14)Oc1cc(N(/C=C/C=C(/C#N)C(=C)c2ccccc2)c2ccccc2)ccc1-3)c1ccc2c(c1)C(C)(C)c1ccccc1-2. The average molecular weight is 878 g/mol. The van der Waals surface area contributed by atoms with Gasteiger partial charge in [-0.2, -0.15) is 5.26 Å². The zero-order chi connectivity index (χ0) is 46.5. The average Bonchev–Trinajstić information content (AvgIpc) is 3.60. The van der Waals surface area contributed by atoms with E-state index in [2.05, 4.69) is 176 Å². The summed E-state index contributed by atoms with van der Waals surface area (Å²) in [7, 11) is 0. The number of nitriles is 1. The fourth-order valence-corrected chi connectivity index (χ4v) is 10.1. The van der Waals surface area contributed by atoms with Gasteiger partial charge in [0.2, 0.25) is 0 Å². The van der Waals surface area contributed by atoms with Gasteiger partial charge in [-0.1, -0.05) is 118 Å². The highest BCUT2D eigenvalue weighted by Gasteiger charge is 2.36. The molecule has 0 saturated carbocycles. The lowest BCUT2D eigenvalue weighted by molar-refractivity contribution is 0.480. The first-order valence-electron chi connectivity index (χ1n) is 22.9. The molecule has 11 rings (SSSR count). The smallest absolute Gasteiger partial charge is 0.137 e. The van der Waals surface area contributed by atoms with Crippen molar-refractivity contribution in [2.75, 3.05) is 9.80 Å². The minimum absolute atomic E-state index is 0.147. The summed E-state index contributed by atoms with van der Waals surface area (Å²) < 4.78 is 13.7. The van der Waals surface area contributed by atoms with Crippen LogP contribution in [-0.4, -0.2) is 0 Å². The van der Waals surface area contributed by atoms with Crippen molar-refractivity contribution < 1.29 is 9.47 Å². The second kappa shape index (κ2) is 16.9. The molecule has 0 amide bonds. The summed E-state index contributed by atoms with van der Waals surface area (Å²) in [5.41, 5.74) is 16.2. The predicted molar refractivity (Wildman–Crippen MR) is 281 cm³/mol. The molecule has 0 N–H and O–H groups in total. The number of benzene rings is 8. The normalized spacial score (nSPS) is 13.7. The van der Waals surface area contributed by atoms with Crippen molar-refractivity contribution in [1.29, 1.82) is 5.26 Å². The minimum Gasteiger partial charge on any atom is -0.456 e. The van der Waals surface area contributed by atoms with Crippen LogP contribution in [0.25, 0.3) is 49.7 Å². The Morgan fingerprint density at radius 1 is 0.574 bits per heavy atom. The molecule has 3 aliphatic rings. The number of nitrogens with zero attached hydrogens (tertiary/aromatic N) is 3. The lowest BCUT2D eigenvalue weighted by Gasteiger charge is -2.31. The number of hydrogen-bond acceptors (Lipinski definition) is 5.